The van der Waals surface area contributed by atoms with Crippen LogP contribution in [-0.2, 0) is 6.61 Å². The number of oxazole rings is 1. The minimum absolute atomic E-state index is 0.219. The van der Waals surface area contributed by atoms with Crippen LogP contribution in [0.3, 0.4) is 0 Å². The Balaban J connectivity index is 2.64. The molecule has 1 heterocycles. The van der Waals surface area contributed by atoms with Crippen LogP contribution in [0, 0.1) is 0 Å². The Hall–Kier alpha value is -2.21. The lowest BCUT2D eigenvalue weighted by Gasteiger charge is -2.14. The number of hydrogen-bond acceptors (Lipinski definition) is 6. The fourth-order valence-corrected chi connectivity index (χ4v) is 1.88. The SMILES string of the molecule is COc1ccc(-c2ocnc2CO)c(OC)c1OC. The molecule has 0 radical (unpaired) electrons. The van der Waals surface area contributed by atoms with E-state index < -0.39 is 0 Å². The van der Waals surface area contributed by atoms with Crippen molar-refractivity contribution in [1.82, 2.24) is 4.98 Å². The number of hydrogen-bond donors (Lipinski definition) is 1. The van der Waals surface area contributed by atoms with E-state index in [2.05, 4.69) is 4.98 Å². The topological polar surface area (TPSA) is 74.0 Å². The summed E-state index contributed by atoms with van der Waals surface area (Å²) in [4.78, 5) is 3.94. The maximum absolute atomic E-state index is 9.24. The first kappa shape index (κ1) is 13.2. The minimum atomic E-state index is -0.219. The molecule has 0 saturated heterocycles. The fraction of sp³-hybridized carbons (Fsp3) is 0.308. The average molecular weight is 265 g/mol. The number of benzene rings is 1. The minimum Gasteiger partial charge on any atom is -0.493 e. The van der Waals surface area contributed by atoms with Gasteiger partial charge in [-0.1, -0.05) is 0 Å². The molecule has 0 aliphatic rings. The van der Waals surface area contributed by atoms with E-state index in [4.69, 9.17) is 18.6 Å². The number of ether oxygens (including phenoxy) is 3. The molecule has 0 bridgehead atoms. The van der Waals surface area contributed by atoms with Gasteiger partial charge in [0.1, 0.15) is 5.69 Å². The summed E-state index contributed by atoms with van der Waals surface area (Å²) < 4.78 is 21.2. The molecule has 0 saturated carbocycles. The van der Waals surface area contributed by atoms with E-state index in [0.717, 1.165) is 0 Å². The second-order valence-electron chi connectivity index (χ2n) is 3.67. The van der Waals surface area contributed by atoms with Gasteiger partial charge in [0.2, 0.25) is 5.75 Å². The summed E-state index contributed by atoms with van der Waals surface area (Å²) in [5.41, 5.74) is 1.08. The second kappa shape index (κ2) is 5.62. The molecular formula is C13H15NO5. The van der Waals surface area contributed by atoms with Gasteiger partial charge in [-0.25, -0.2) is 4.98 Å². The van der Waals surface area contributed by atoms with Gasteiger partial charge in [0.05, 0.1) is 33.5 Å². The molecule has 0 aliphatic carbocycles. The maximum atomic E-state index is 9.24. The largest absolute Gasteiger partial charge is 0.493 e. The van der Waals surface area contributed by atoms with Gasteiger partial charge in [0, 0.05) is 0 Å². The van der Waals surface area contributed by atoms with Crippen LogP contribution in [0.1, 0.15) is 5.69 Å². The van der Waals surface area contributed by atoms with Gasteiger partial charge in [-0.15, -0.1) is 0 Å². The molecule has 0 aliphatic heterocycles. The Kier molecular flexibility index (Phi) is 3.91. The second-order valence-corrected chi connectivity index (χ2v) is 3.67. The quantitative estimate of drug-likeness (QED) is 0.889. The molecule has 0 unspecified atom stereocenters. The van der Waals surface area contributed by atoms with Gasteiger partial charge in [-0.2, -0.15) is 0 Å². The normalized spacial score (nSPS) is 10.3. The van der Waals surface area contributed by atoms with Crippen molar-refractivity contribution < 1.29 is 23.7 Å². The summed E-state index contributed by atoms with van der Waals surface area (Å²) in [7, 11) is 4.60. The van der Waals surface area contributed by atoms with E-state index in [1.165, 1.54) is 20.6 Å². The van der Waals surface area contributed by atoms with E-state index in [1.807, 2.05) is 0 Å². The van der Waals surface area contributed by atoms with E-state index in [1.54, 1.807) is 19.2 Å². The van der Waals surface area contributed by atoms with E-state index in [-0.39, 0.29) is 6.61 Å². The molecule has 1 aromatic carbocycles. The number of aliphatic hydroxyl groups is 1. The number of aliphatic hydroxyl groups excluding tert-OH is 1. The van der Waals surface area contributed by atoms with Crippen molar-refractivity contribution >= 4 is 0 Å². The third-order valence-corrected chi connectivity index (χ3v) is 2.74. The highest BCUT2D eigenvalue weighted by Crippen LogP contribution is 2.44. The van der Waals surface area contributed by atoms with Gasteiger partial charge >= 0.3 is 0 Å². The first-order valence-electron chi connectivity index (χ1n) is 5.59. The molecule has 0 fully saturated rings. The Morgan fingerprint density at radius 2 is 1.84 bits per heavy atom. The summed E-state index contributed by atoms with van der Waals surface area (Å²) in [6, 6.07) is 3.50. The Labute approximate surface area is 110 Å². The smallest absolute Gasteiger partial charge is 0.204 e. The van der Waals surface area contributed by atoms with Crippen LogP contribution in [0.5, 0.6) is 17.2 Å². The lowest BCUT2D eigenvalue weighted by Crippen LogP contribution is -1.97. The zero-order chi connectivity index (χ0) is 13.8. The molecule has 6 heteroatoms. The lowest BCUT2D eigenvalue weighted by molar-refractivity contribution is 0.277. The zero-order valence-electron chi connectivity index (χ0n) is 11.0. The molecule has 2 aromatic rings. The highest BCUT2D eigenvalue weighted by atomic mass is 16.5. The van der Waals surface area contributed by atoms with E-state index >= 15 is 0 Å². The molecule has 0 amide bonds. The van der Waals surface area contributed by atoms with Gasteiger partial charge in [-0.05, 0) is 12.1 Å². The van der Waals surface area contributed by atoms with Crippen molar-refractivity contribution in [2.24, 2.45) is 0 Å². The molecule has 2 rings (SSSR count). The molecule has 0 atom stereocenters. The predicted molar refractivity (Wildman–Crippen MR) is 67.5 cm³/mol. The average Bonchev–Trinajstić information content (AvgIpc) is 2.93. The van der Waals surface area contributed by atoms with E-state index in [9.17, 15) is 5.11 Å². The molecule has 0 spiro atoms. The monoisotopic (exact) mass is 265 g/mol. The van der Waals surface area contributed by atoms with Crippen LogP contribution in [0.4, 0.5) is 0 Å². The number of methoxy groups -OCH3 is 3. The summed E-state index contributed by atoms with van der Waals surface area (Å²) in [5.74, 6) is 1.92. The van der Waals surface area contributed by atoms with Crippen LogP contribution in [0.25, 0.3) is 11.3 Å². The number of nitrogens with zero attached hydrogens (tertiary/aromatic N) is 1. The Morgan fingerprint density at radius 1 is 1.11 bits per heavy atom. The predicted octanol–water partition coefficient (Wildman–Crippen LogP) is 1.86. The summed E-state index contributed by atoms with van der Waals surface area (Å²) in [6.07, 6.45) is 1.27. The Morgan fingerprint density at radius 3 is 2.42 bits per heavy atom. The van der Waals surface area contributed by atoms with Crippen LogP contribution in [-0.4, -0.2) is 31.4 Å². The number of aromatic nitrogens is 1. The molecule has 1 N–H and O–H groups in total. The summed E-state index contributed by atoms with van der Waals surface area (Å²) in [5, 5.41) is 9.24. The molecule has 1 aromatic heterocycles. The van der Waals surface area contributed by atoms with Crippen molar-refractivity contribution in [2.45, 2.75) is 6.61 Å². The molecular weight excluding hydrogens is 250 g/mol. The third kappa shape index (κ3) is 2.22. The molecule has 19 heavy (non-hydrogen) atoms. The van der Waals surface area contributed by atoms with Crippen LogP contribution in [0.15, 0.2) is 22.9 Å². The molecule has 6 nitrogen and oxygen atoms in total. The van der Waals surface area contributed by atoms with Gasteiger partial charge < -0.3 is 23.7 Å². The highest BCUT2D eigenvalue weighted by Gasteiger charge is 2.21. The standard InChI is InChI=1S/C13H15NO5/c1-16-10-5-4-8(12(17-2)13(10)18-3)11-9(6-15)14-7-19-11/h4-5,7,15H,6H2,1-3H3. The number of rotatable bonds is 5. The maximum Gasteiger partial charge on any atom is 0.204 e. The summed E-state index contributed by atoms with van der Waals surface area (Å²) >= 11 is 0. The lowest BCUT2D eigenvalue weighted by atomic mass is 10.1. The van der Waals surface area contributed by atoms with Crippen molar-refractivity contribution in [3.63, 3.8) is 0 Å². The van der Waals surface area contributed by atoms with Crippen LogP contribution < -0.4 is 14.2 Å². The van der Waals surface area contributed by atoms with Crippen molar-refractivity contribution in [3.05, 3.63) is 24.2 Å². The first-order valence-corrected chi connectivity index (χ1v) is 5.59. The van der Waals surface area contributed by atoms with Gasteiger partial charge in [0.25, 0.3) is 0 Å². The highest BCUT2D eigenvalue weighted by molar-refractivity contribution is 5.74. The fourth-order valence-electron chi connectivity index (χ4n) is 1.88. The van der Waals surface area contributed by atoms with Gasteiger partial charge in [-0.3, -0.25) is 0 Å². The first-order chi connectivity index (χ1) is 9.26. The van der Waals surface area contributed by atoms with Crippen LogP contribution >= 0.6 is 0 Å². The zero-order valence-corrected chi connectivity index (χ0v) is 11.0. The van der Waals surface area contributed by atoms with Gasteiger partial charge in [0.15, 0.2) is 23.7 Å². The van der Waals surface area contributed by atoms with E-state index in [0.29, 0.717) is 34.3 Å². The van der Waals surface area contributed by atoms with Crippen molar-refractivity contribution in [1.29, 1.82) is 0 Å². The third-order valence-electron chi connectivity index (χ3n) is 2.74. The summed E-state index contributed by atoms with van der Waals surface area (Å²) in [6.45, 7) is -0.219. The molecule has 102 valence electrons. The van der Waals surface area contributed by atoms with Crippen LogP contribution in [0.2, 0.25) is 0 Å². The Bertz CT molecular complexity index is 564. The van der Waals surface area contributed by atoms with Crippen molar-refractivity contribution in [3.8, 4) is 28.6 Å². The van der Waals surface area contributed by atoms with Crippen molar-refractivity contribution in [2.75, 3.05) is 21.3 Å².